The lowest BCUT2D eigenvalue weighted by Crippen LogP contribution is -1.87. The van der Waals surface area contributed by atoms with Crippen molar-refractivity contribution < 1.29 is 0 Å². The Morgan fingerprint density at radius 1 is 1.06 bits per heavy atom. The molecule has 0 aliphatic carbocycles. The van der Waals surface area contributed by atoms with E-state index in [1.165, 1.54) is 21.4 Å². The van der Waals surface area contributed by atoms with Crippen LogP contribution in [0.4, 0.5) is 5.69 Å². The molecule has 0 atom stereocenters. The molecule has 2 aromatic carbocycles. The van der Waals surface area contributed by atoms with Gasteiger partial charge in [-0.05, 0) is 55.3 Å². The molecule has 0 bridgehead atoms. The second-order valence-electron chi connectivity index (χ2n) is 4.56. The molecule has 2 nitrogen and oxygen atoms in total. The van der Waals surface area contributed by atoms with Crippen LogP contribution in [0.1, 0.15) is 11.1 Å². The van der Waals surface area contributed by atoms with Crippen LogP contribution in [-0.2, 0) is 0 Å². The fraction of sp³-hybridized carbons (Fsp3) is 0.133. The number of nitrogen functional groups attached to an aromatic ring is 1. The lowest BCUT2D eigenvalue weighted by Gasteiger charge is -2.02. The van der Waals surface area contributed by atoms with Gasteiger partial charge in [-0.2, -0.15) is 0 Å². The Morgan fingerprint density at radius 2 is 1.89 bits per heavy atom. The van der Waals surface area contributed by atoms with Crippen LogP contribution in [0.5, 0.6) is 0 Å². The number of nitrogens with two attached hydrogens (primary N) is 1. The number of benzene rings is 2. The molecule has 18 heavy (non-hydrogen) atoms. The van der Waals surface area contributed by atoms with Crippen LogP contribution >= 0.6 is 11.3 Å². The SMILES string of the molecule is Cc1ccc2nc(-c3ccc(N)cc3C)sc2c1. The summed E-state index contributed by atoms with van der Waals surface area (Å²) in [5, 5.41) is 1.06. The van der Waals surface area contributed by atoms with E-state index in [-0.39, 0.29) is 0 Å². The van der Waals surface area contributed by atoms with Gasteiger partial charge in [-0.1, -0.05) is 6.07 Å². The number of fused-ring (bicyclic) bond motifs is 1. The number of anilines is 1. The minimum absolute atomic E-state index is 0.799. The Morgan fingerprint density at radius 3 is 2.67 bits per heavy atom. The molecule has 0 aliphatic heterocycles. The summed E-state index contributed by atoms with van der Waals surface area (Å²) in [7, 11) is 0. The number of rotatable bonds is 1. The van der Waals surface area contributed by atoms with Crippen molar-refractivity contribution in [1.82, 2.24) is 4.98 Å². The van der Waals surface area contributed by atoms with E-state index in [4.69, 9.17) is 10.7 Å². The molecule has 3 heteroatoms. The van der Waals surface area contributed by atoms with E-state index in [1.807, 2.05) is 12.1 Å². The minimum Gasteiger partial charge on any atom is -0.399 e. The van der Waals surface area contributed by atoms with Crippen LogP contribution in [0.25, 0.3) is 20.8 Å². The molecule has 0 amide bonds. The maximum Gasteiger partial charge on any atom is 0.124 e. The average Bonchev–Trinajstić information content (AvgIpc) is 2.71. The van der Waals surface area contributed by atoms with Gasteiger partial charge in [-0.3, -0.25) is 0 Å². The highest BCUT2D eigenvalue weighted by Crippen LogP contribution is 2.33. The van der Waals surface area contributed by atoms with E-state index in [0.717, 1.165) is 16.2 Å². The van der Waals surface area contributed by atoms with Gasteiger partial charge in [-0.15, -0.1) is 11.3 Å². The zero-order valence-corrected chi connectivity index (χ0v) is 11.2. The van der Waals surface area contributed by atoms with Crippen LogP contribution in [0.2, 0.25) is 0 Å². The molecule has 0 aliphatic rings. The highest BCUT2D eigenvalue weighted by atomic mass is 32.1. The van der Waals surface area contributed by atoms with Crippen molar-refractivity contribution in [1.29, 1.82) is 0 Å². The maximum absolute atomic E-state index is 5.78. The normalized spacial score (nSPS) is 11.0. The first-order valence-corrected chi connectivity index (χ1v) is 6.69. The van der Waals surface area contributed by atoms with Crippen LogP contribution in [-0.4, -0.2) is 4.98 Å². The lowest BCUT2D eigenvalue weighted by atomic mass is 10.1. The Labute approximate surface area is 110 Å². The summed E-state index contributed by atoms with van der Waals surface area (Å²) in [6.45, 7) is 4.18. The van der Waals surface area contributed by atoms with Crippen molar-refractivity contribution in [2.45, 2.75) is 13.8 Å². The molecule has 0 unspecified atom stereocenters. The number of aryl methyl sites for hydroxylation is 2. The van der Waals surface area contributed by atoms with Gasteiger partial charge in [0.25, 0.3) is 0 Å². The predicted molar refractivity (Wildman–Crippen MR) is 78.9 cm³/mol. The monoisotopic (exact) mass is 254 g/mol. The number of aromatic nitrogens is 1. The maximum atomic E-state index is 5.78. The van der Waals surface area contributed by atoms with Gasteiger partial charge in [0.15, 0.2) is 0 Å². The predicted octanol–water partition coefficient (Wildman–Crippen LogP) is 4.16. The summed E-state index contributed by atoms with van der Waals surface area (Å²) in [4.78, 5) is 4.69. The first-order chi connectivity index (χ1) is 8.63. The molecular formula is C15H14N2S. The van der Waals surface area contributed by atoms with E-state index < -0.39 is 0 Å². The van der Waals surface area contributed by atoms with Gasteiger partial charge in [-0.25, -0.2) is 4.98 Å². The Hall–Kier alpha value is -1.87. The Bertz CT molecular complexity index is 728. The van der Waals surface area contributed by atoms with Gasteiger partial charge in [0.05, 0.1) is 10.2 Å². The van der Waals surface area contributed by atoms with E-state index in [9.17, 15) is 0 Å². The molecule has 3 aromatic rings. The van der Waals surface area contributed by atoms with Crippen molar-refractivity contribution in [3.8, 4) is 10.6 Å². The smallest absolute Gasteiger partial charge is 0.124 e. The summed E-state index contributed by atoms with van der Waals surface area (Å²) < 4.78 is 1.24. The van der Waals surface area contributed by atoms with Crippen molar-refractivity contribution in [2.75, 3.05) is 5.73 Å². The Kier molecular flexibility index (Phi) is 2.56. The third-order valence-corrected chi connectivity index (χ3v) is 4.08. The topological polar surface area (TPSA) is 38.9 Å². The van der Waals surface area contributed by atoms with Gasteiger partial charge in [0, 0.05) is 11.3 Å². The third-order valence-electron chi connectivity index (χ3n) is 3.02. The van der Waals surface area contributed by atoms with Gasteiger partial charge >= 0.3 is 0 Å². The first-order valence-electron chi connectivity index (χ1n) is 5.87. The van der Waals surface area contributed by atoms with Crippen LogP contribution in [0.15, 0.2) is 36.4 Å². The summed E-state index contributed by atoms with van der Waals surface area (Å²) in [6.07, 6.45) is 0. The third kappa shape index (κ3) is 1.87. The molecule has 0 spiro atoms. The quantitative estimate of drug-likeness (QED) is 0.662. The molecule has 0 saturated carbocycles. The Balaban J connectivity index is 2.19. The van der Waals surface area contributed by atoms with E-state index in [2.05, 4.69) is 38.1 Å². The van der Waals surface area contributed by atoms with Crippen molar-refractivity contribution in [3.63, 3.8) is 0 Å². The van der Waals surface area contributed by atoms with Crippen molar-refractivity contribution >= 4 is 27.2 Å². The fourth-order valence-electron chi connectivity index (χ4n) is 2.07. The zero-order chi connectivity index (χ0) is 12.7. The zero-order valence-electron chi connectivity index (χ0n) is 10.4. The molecule has 0 fully saturated rings. The number of nitrogens with zero attached hydrogens (tertiary/aromatic N) is 1. The number of hydrogen-bond acceptors (Lipinski definition) is 3. The van der Waals surface area contributed by atoms with Crippen molar-refractivity contribution in [3.05, 3.63) is 47.5 Å². The standard InChI is InChI=1S/C15H14N2S/c1-9-3-6-13-14(7-9)18-15(17-13)12-5-4-11(16)8-10(12)2/h3-8H,16H2,1-2H3. The van der Waals surface area contributed by atoms with E-state index >= 15 is 0 Å². The van der Waals surface area contributed by atoms with E-state index in [0.29, 0.717) is 0 Å². The van der Waals surface area contributed by atoms with Crippen LogP contribution in [0.3, 0.4) is 0 Å². The van der Waals surface area contributed by atoms with Crippen LogP contribution in [0, 0.1) is 13.8 Å². The highest BCUT2D eigenvalue weighted by molar-refractivity contribution is 7.21. The number of thiazole rings is 1. The lowest BCUT2D eigenvalue weighted by molar-refractivity contribution is 1.41. The van der Waals surface area contributed by atoms with Gasteiger partial charge < -0.3 is 5.73 Å². The minimum atomic E-state index is 0.799. The molecule has 1 aromatic heterocycles. The number of hydrogen-bond donors (Lipinski definition) is 1. The molecule has 0 saturated heterocycles. The van der Waals surface area contributed by atoms with Crippen molar-refractivity contribution in [2.24, 2.45) is 0 Å². The van der Waals surface area contributed by atoms with Gasteiger partial charge in [0.1, 0.15) is 5.01 Å². The second kappa shape index (κ2) is 4.10. The summed E-state index contributed by atoms with van der Waals surface area (Å²) >= 11 is 1.73. The molecule has 0 radical (unpaired) electrons. The molecule has 1 heterocycles. The molecule has 3 rings (SSSR count). The van der Waals surface area contributed by atoms with Gasteiger partial charge in [0.2, 0.25) is 0 Å². The summed E-state index contributed by atoms with van der Waals surface area (Å²) in [6, 6.07) is 12.3. The second-order valence-corrected chi connectivity index (χ2v) is 5.60. The van der Waals surface area contributed by atoms with Crippen LogP contribution < -0.4 is 5.73 Å². The summed E-state index contributed by atoms with van der Waals surface area (Å²) in [5.41, 5.74) is 11.3. The first kappa shape index (κ1) is 11.2. The molecule has 2 N–H and O–H groups in total. The molecular weight excluding hydrogens is 240 g/mol. The largest absolute Gasteiger partial charge is 0.399 e. The van der Waals surface area contributed by atoms with E-state index in [1.54, 1.807) is 11.3 Å². The fourth-order valence-corrected chi connectivity index (χ4v) is 3.23. The average molecular weight is 254 g/mol. The highest BCUT2D eigenvalue weighted by Gasteiger charge is 2.08. The summed E-state index contributed by atoms with van der Waals surface area (Å²) in [5.74, 6) is 0. The molecule has 90 valence electrons.